The van der Waals surface area contributed by atoms with Gasteiger partial charge in [0.1, 0.15) is 18.1 Å². The van der Waals surface area contributed by atoms with Crippen LogP contribution < -0.4 is 10.1 Å². The van der Waals surface area contributed by atoms with Gasteiger partial charge in [0.15, 0.2) is 0 Å². The Hall–Kier alpha value is -3.09. The number of hydrogen-bond acceptors (Lipinski definition) is 5. The SMILES string of the molecule is Cc1noc(C)c1CCC(=O)Nc1cccc(OCCn2ccnc2)c1. The van der Waals surface area contributed by atoms with Gasteiger partial charge in [0.2, 0.25) is 5.91 Å². The Kier molecular flexibility index (Phi) is 5.68. The molecule has 0 unspecified atom stereocenters. The van der Waals surface area contributed by atoms with E-state index in [2.05, 4.69) is 15.5 Å². The van der Waals surface area contributed by atoms with Crippen molar-refractivity contribution in [3.05, 3.63) is 60.0 Å². The summed E-state index contributed by atoms with van der Waals surface area (Å²) in [5.74, 6) is 1.43. The second-order valence-corrected chi connectivity index (χ2v) is 6.03. The maximum Gasteiger partial charge on any atom is 0.224 e. The van der Waals surface area contributed by atoms with Crippen molar-refractivity contribution in [1.82, 2.24) is 14.7 Å². The zero-order valence-electron chi connectivity index (χ0n) is 14.9. The highest BCUT2D eigenvalue weighted by Crippen LogP contribution is 2.19. The summed E-state index contributed by atoms with van der Waals surface area (Å²) in [7, 11) is 0. The van der Waals surface area contributed by atoms with Gasteiger partial charge in [-0.3, -0.25) is 4.79 Å². The molecule has 1 N–H and O–H groups in total. The smallest absolute Gasteiger partial charge is 0.224 e. The Bertz CT molecular complexity index is 836. The minimum Gasteiger partial charge on any atom is -0.492 e. The zero-order chi connectivity index (χ0) is 18.4. The number of ether oxygens (including phenoxy) is 1. The van der Waals surface area contributed by atoms with E-state index in [1.165, 1.54) is 0 Å². The zero-order valence-corrected chi connectivity index (χ0v) is 14.9. The van der Waals surface area contributed by atoms with Gasteiger partial charge in [0.05, 0.1) is 18.6 Å². The van der Waals surface area contributed by atoms with Crippen LogP contribution in [0.25, 0.3) is 0 Å². The van der Waals surface area contributed by atoms with Gasteiger partial charge in [0.25, 0.3) is 0 Å². The molecule has 136 valence electrons. The number of imidazole rings is 1. The van der Waals surface area contributed by atoms with Crippen molar-refractivity contribution >= 4 is 11.6 Å². The van der Waals surface area contributed by atoms with E-state index in [9.17, 15) is 4.79 Å². The molecular formula is C19H22N4O3. The molecule has 3 aromatic rings. The fourth-order valence-electron chi connectivity index (χ4n) is 2.67. The molecule has 7 heteroatoms. The Morgan fingerprint density at radius 1 is 1.35 bits per heavy atom. The number of aromatic nitrogens is 3. The number of hydrogen-bond donors (Lipinski definition) is 1. The lowest BCUT2D eigenvalue weighted by Gasteiger charge is -2.09. The fraction of sp³-hybridized carbons (Fsp3) is 0.316. The van der Waals surface area contributed by atoms with Gasteiger partial charge in [-0.25, -0.2) is 4.98 Å². The van der Waals surface area contributed by atoms with Crippen LogP contribution in [0.3, 0.4) is 0 Å². The van der Waals surface area contributed by atoms with E-state index in [0.29, 0.717) is 37.4 Å². The van der Waals surface area contributed by atoms with Gasteiger partial charge in [-0.2, -0.15) is 0 Å². The lowest BCUT2D eigenvalue weighted by atomic mass is 10.1. The van der Waals surface area contributed by atoms with E-state index in [4.69, 9.17) is 9.26 Å². The van der Waals surface area contributed by atoms with Crippen molar-refractivity contribution in [2.24, 2.45) is 0 Å². The average Bonchev–Trinajstić information content (AvgIpc) is 3.24. The number of benzene rings is 1. The first-order valence-corrected chi connectivity index (χ1v) is 8.52. The van der Waals surface area contributed by atoms with Crippen LogP contribution in [0.2, 0.25) is 0 Å². The summed E-state index contributed by atoms with van der Waals surface area (Å²) in [6, 6.07) is 7.39. The topological polar surface area (TPSA) is 82.2 Å². The predicted molar refractivity (Wildman–Crippen MR) is 97.1 cm³/mol. The van der Waals surface area contributed by atoms with Crippen LogP contribution in [0.4, 0.5) is 5.69 Å². The number of carbonyl (C=O) groups is 1. The van der Waals surface area contributed by atoms with Crippen LogP contribution in [0.15, 0.2) is 47.5 Å². The molecule has 0 spiro atoms. The number of aryl methyl sites for hydroxylation is 2. The first-order chi connectivity index (χ1) is 12.6. The van der Waals surface area contributed by atoms with Crippen LogP contribution in [0.1, 0.15) is 23.4 Å². The van der Waals surface area contributed by atoms with Crippen molar-refractivity contribution in [3.8, 4) is 5.75 Å². The lowest BCUT2D eigenvalue weighted by Crippen LogP contribution is -2.13. The van der Waals surface area contributed by atoms with Crippen molar-refractivity contribution in [2.45, 2.75) is 33.2 Å². The average molecular weight is 354 g/mol. The summed E-state index contributed by atoms with van der Waals surface area (Å²) < 4.78 is 12.8. The van der Waals surface area contributed by atoms with Gasteiger partial charge >= 0.3 is 0 Å². The summed E-state index contributed by atoms with van der Waals surface area (Å²) in [6.45, 7) is 4.99. The molecule has 0 fully saturated rings. The first-order valence-electron chi connectivity index (χ1n) is 8.52. The molecule has 0 aliphatic carbocycles. The van der Waals surface area contributed by atoms with Crippen molar-refractivity contribution in [1.29, 1.82) is 0 Å². The molecule has 1 aromatic carbocycles. The Labute approximate surface area is 152 Å². The van der Waals surface area contributed by atoms with Crippen molar-refractivity contribution in [2.75, 3.05) is 11.9 Å². The minimum atomic E-state index is -0.0550. The van der Waals surface area contributed by atoms with E-state index in [-0.39, 0.29) is 5.91 Å². The van der Waals surface area contributed by atoms with E-state index in [1.807, 2.05) is 48.9 Å². The third-order valence-electron chi connectivity index (χ3n) is 4.08. The number of amides is 1. The lowest BCUT2D eigenvalue weighted by molar-refractivity contribution is -0.116. The van der Waals surface area contributed by atoms with Crippen molar-refractivity contribution < 1.29 is 14.1 Å². The predicted octanol–water partition coefficient (Wildman–Crippen LogP) is 3.14. The Balaban J connectivity index is 1.48. The Morgan fingerprint density at radius 2 is 2.23 bits per heavy atom. The van der Waals surface area contributed by atoms with Crippen LogP contribution in [-0.4, -0.2) is 27.2 Å². The Morgan fingerprint density at radius 3 is 2.96 bits per heavy atom. The molecule has 0 radical (unpaired) electrons. The van der Waals surface area contributed by atoms with E-state index in [0.717, 1.165) is 17.0 Å². The number of rotatable bonds is 8. The van der Waals surface area contributed by atoms with Gasteiger partial charge < -0.3 is 19.1 Å². The molecule has 7 nitrogen and oxygen atoms in total. The van der Waals surface area contributed by atoms with Crippen LogP contribution in [0, 0.1) is 13.8 Å². The van der Waals surface area contributed by atoms with Gasteiger partial charge in [-0.05, 0) is 32.4 Å². The normalized spacial score (nSPS) is 10.7. The monoisotopic (exact) mass is 354 g/mol. The molecule has 2 aromatic heterocycles. The quantitative estimate of drug-likeness (QED) is 0.672. The maximum absolute atomic E-state index is 12.2. The van der Waals surface area contributed by atoms with E-state index in [1.54, 1.807) is 12.5 Å². The molecule has 0 atom stereocenters. The number of nitrogens with one attached hydrogen (secondary N) is 1. The number of anilines is 1. The van der Waals surface area contributed by atoms with E-state index < -0.39 is 0 Å². The molecule has 2 heterocycles. The molecular weight excluding hydrogens is 332 g/mol. The first kappa shape index (κ1) is 17.7. The summed E-state index contributed by atoms with van der Waals surface area (Å²) in [5.41, 5.74) is 2.55. The number of carbonyl (C=O) groups excluding carboxylic acids is 1. The summed E-state index contributed by atoms with van der Waals surface area (Å²) in [5, 5.41) is 6.81. The van der Waals surface area contributed by atoms with Crippen molar-refractivity contribution in [3.63, 3.8) is 0 Å². The molecule has 0 saturated carbocycles. The summed E-state index contributed by atoms with van der Waals surface area (Å²) in [6.07, 6.45) is 6.35. The fourth-order valence-corrected chi connectivity index (χ4v) is 2.67. The molecule has 1 amide bonds. The minimum absolute atomic E-state index is 0.0550. The second-order valence-electron chi connectivity index (χ2n) is 6.03. The van der Waals surface area contributed by atoms with Gasteiger partial charge in [0, 0.05) is 36.1 Å². The summed E-state index contributed by atoms with van der Waals surface area (Å²) >= 11 is 0. The highest BCUT2D eigenvalue weighted by atomic mass is 16.5. The largest absolute Gasteiger partial charge is 0.492 e. The molecule has 3 rings (SSSR count). The molecule has 0 aliphatic heterocycles. The third-order valence-corrected chi connectivity index (χ3v) is 4.08. The van der Waals surface area contributed by atoms with Gasteiger partial charge in [-0.15, -0.1) is 0 Å². The molecule has 0 saturated heterocycles. The maximum atomic E-state index is 12.2. The van der Waals surface area contributed by atoms with Crippen LogP contribution >= 0.6 is 0 Å². The third kappa shape index (κ3) is 4.72. The molecule has 0 bridgehead atoms. The number of nitrogens with zero attached hydrogens (tertiary/aromatic N) is 3. The highest BCUT2D eigenvalue weighted by molar-refractivity contribution is 5.91. The molecule has 0 aliphatic rings. The van der Waals surface area contributed by atoms with E-state index >= 15 is 0 Å². The van der Waals surface area contributed by atoms with Crippen LogP contribution in [0.5, 0.6) is 5.75 Å². The van der Waals surface area contributed by atoms with Crippen LogP contribution in [-0.2, 0) is 17.8 Å². The highest BCUT2D eigenvalue weighted by Gasteiger charge is 2.11. The summed E-state index contributed by atoms with van der Waals surface area (Å²) in [4.78, 5) is 16.2. The standard InChI is InChI=1S/C19H22N4O3/c1-14-18(15(2)26-22-14)6-7-19(24)21-16-4-3-5-17(12-16)25-11-10-23-9-8-20-13-23/h3-5,8-9,12-13H,6-7,10-11H2,1-2H3,(H,21,24). The van der Waals surface area contributed by atoms with Gasteiger partial charge in [-0.1, -0.05) is 11.2 Å². The second kappa shape index (κ2) is 8.33. The molecule has 26 heavy (non-hydrogen) atoms.